The maximum atomic E-state index is 14.9. The number of esters is 1. The van der Waals surface area contributed by atoms with E-state index in [-0.39, 0.29) is 26.1 Å². The van der Waals surface area contributed by atoms with Gasteiger partial charge in [-0.2, -0.15) is 0 Å². The van der Waals surface area contributed by atoms with Crippen LogP contribution in [0.1, 0.15) is 49.3 Å². The molecule has 1 aliphatic rings. The van der Waals surface area contributed by atoms with Gasteiger partial charge in [0.1, 0.15) is 18.0 Å². The van der Waals surface area contributed by atoms with Gasteiger partial charge in [-0.25, -0.2) is 22.0 Å². The lowest BCUT2D eigenvalue weighted by molar-refractivity contribution is -0.145. The van der Waals surface area contributed by atoms with Crippen LogP contribution in [-0.4, -0.2) is 24.5 Å². The molecule has 0 N–H and O–H groups in total. The molecule has 1 heterocycles. The van der Waals surface area contributed by atoms with Crippen molar-refractivity contribution in [2.24, 2.45) is 5.41 Å². The van der Waals surface area contributed by atoms with Gasteiger partial charge >= 0.3 is 5.97 Å². The van der Waals surface area contributed by atoms with E-state index in [1.54, 1.807) is 37.3 Å². The summed E-state index contributed by atoms with van der Waals surface area (Å²) in [6.45, 7) is 5.49. The topological polar surface area (TPSA) is 55.8 Å². The van der Waals surface area contributed by atoms with Gasteiger partial charge in [-0.15, -0.1) is 0 Å². The molecule has 1 amide bonds. The average molecular weight is 576 g/mol. The van der Waals surface area contributed by atoms with E-state index >= 15 is 0 Å². The van der Waals surface area contributed by atoms with E-state index in [9.17, 15) is 31.5 Å². The monoisotopic (exact) mass is 575 g/mol. The molecule has 0 bridgehead atoms. The van der Waals surface area contributed by atoms with Crippen LogP contribution in [0.2, 0.25) is 0 Å². The van der Waals surface area contributed by atoms with Crippen molar-refractivity contribution in [3.8, 4) is 5.75 Å². The van der Waals surface area contributed by atoms with Crippen molar-refractivity contribution in [3.63, 3.8) is 0 Å². The number of amides is 1. The van der Waals surface area contributed by atoms with Gasteiger partial charge in [-0.05, 0) is 55.9 Å². The molecule has 0 radical (unpaired) electrons. The first-order valence-corrected chi connectivity index (χ1v) is 13.2. The molecule has 218 valence electrons. The van der Waals surface area contributed by atoms with E-state index in [0.29, 0.717) is 22.6 Å². The van der Waals surface area contributed by atoms with Crippen LogP contribution in [0.15, 0.2) is 48.5 Å². The summed E-state index contributed by atoms with van der Waals surface area (Å²) in [5, 5.41) is 0. The summed E-state index contributed by atoms with van der Waals surface area (Å²) in [6, 6.07) is 13.3. The van der Waals surface area contributed by atoms with Crippen LogP contribution in [0.25, 0.3) is 0 Å². The zero-order valence-electron chi connectivity index (χ0n) is 22.9. The van der Waals surface area contributed by atoms with Gasteiger partial charge in [-0.1, -0.05) is 49.4 Å². The summed E-state index contributed by atoms with van der Waals surface area (Å²) in [5.41, 5.74) is -0.0270. The number of carbonyl (C=O) groups is 2. The lowest BCUT2D eigenvalue weighted by Gasteiger charge is -2.26. The van der Waals surface area contributed by atoms with Gasteiger partial charge in [0.2, 0.25) is 11.7 Å². The van der Waals surface area contributed by atoms with Gasteiger partial charge in [0.25, 0.3) is 0 Å². The number of benzene rings is 3. The number of hydrogen-bond donors (Lipinski definition) is 0. The standard InChI is InChI=1S/C31H30F5NO4/c1-18-10-11-19(2)22(14-18)40-13-7-12-31(3)16-21(15-23(38)41-17-20-8-5-4-6-9-20)37(30(31)39)29-27(35)25(33)24(32)26(34)28(29)36/h4-6,8-11,14,21H,7,12-13,15-17H2,1-3H3. The third kappa shape index (κ3) is 6.36. The molecular weight excluding hydrogens is 545 g/mol. The lowest BCUT2D eigenvalue weighted by atomic mass is 9.82. The number of ether oxygens (including phenoxy) is 2. The Labute approximate surface area is 234 Å². The molecule has 1 saturated heterocycles. The van der Waals surface area contributed by atoms with Crippen LogP contribution in [0.4, 0.5) is 27.6 Å². The van der Waals surface area contributed by atoms with E-state index in [1.165, 1.54) is 0 Å². The third-order valence-corrected chi connectivity index (χ3v) is 7.33. The summed E-state index contributed by atoms with van der Waals surface area (Å²) < 4.78 is 82.9. The summed E-state index contributed by atoms with van der Waals surface area (Å²) in [4.78, 5) is 26.9. The first-order valence-electron chi connectivity index (χ1n) is 13.2. The number of rotatable bonds is 10. The van der Waals surface area contributed by atoms with Crippen molar-refractivity contribution in [2.45, 2.75) is 59.1 Å². The molecule has 3 aromatic carbocycles. The Morgan fingerprint density at radius 1 is 0.951 bits per heavy atom. The summed E-state index contributed by atoms with van der Waals surface area (Å²) in [6.07, 6.45) is -0.0498. The largest absolute Gasteiger partial charge is 0.493 e. The lowest BCUT2D eigenvalue weighted by Crippen LogP contribution is -2.39. The van der Waals surface area contributed by atoms with E-state index in [0.717, 1.165) is 11.1 Å². The molecule has 0 aliphatic carbocycles. The maximum absolute atomic E-state index is 14.9. The maximum Gasteiger partial charge on any atom is 0.308 e. The van der Waals surface area contributed by atoms with E-state index in [1.807, 2.05) is 32.0 Å². The first-order chi connectivity index (χ1) is 19.4. The highest BCUT2D eigenvalue weighted by molar-refractivity contribution is 6.01. The highest BCUT2D eigenvalue weighted by atomic mass is 19.2. The molecule has 0 spiro atoms. The van der Waals surface area contributed by atoms with Gasteiger partial charge in [0.15, 0.2) is 23.3 Å². The Morgan fingerprint density at radius 3 is 2.24 bits per heavy atom. The Kier molecular flexibility index (Phi) is 8.99. The predicted molar refractivity (Wildman–Crippen MR) is 142 cm³/mol. The van der Waals surface area contributed by atoms with Crippen LogP contribution < -0.4 is 9.64 Å². The number of anilines is 1. The van der Waals surface area contributed by atoms with Crippen LogP contribution in [-0.2, 0) is 20.9 Å². The van der Waals surface area contributed by atoms with Crippen molar-refractivity contribution in [3.05, 3.63) is 94.3 Å². The molecule has 1 aliphatic heterocycles. The molecule has 41 heavy (non-hydrogen) atoms. The molecule has 5 nitrogen and oxygen atoms in total. The van der Waals surface area contributed by atoms with Crippen molar-refractivity contribution >= 4 is 17.6 Å². The molecule has 4 rings (SSSR count). The van der Waals surface area contributed by atoms with Crippen LogP contribution in [0, 0.1) is 48.3 Å². The number of halogens is 5. The van der Waals surface area contributed by atoms with Crippen molar-refractivity contribution in [1.29, 1.82) is 0 Å². The summed E-state index contributed by atoms with van der Waals surface area (Å²) in [7, 11) is 0. The van der Waals surface area contributed by atoms with Gasteiger partial charge in [-0.3, -0.25) is 9.59 Å². The Bertz CT molecular complexity index is 1420. The molecule has 1 fully saturated rings. The van der Waals surface area contributed by atoms with E-state index in [4.69, 9.17) is 9.47 Å². The van der Waals surface area contributed by atoms with Crippen molar-refractivity contribution < 1.29 is 41.0 Å². The zero-order chi connectivity index (χ0) is 29.9. The predicted octanol–water partition coefficient (Wildman–Crippen LogP) is 7.10. The van der Waals surface area contributed by atoms with Crippen molar-refractivity contribution in [1.82, 2.24) is 0 Å². The second-order valence-corrected chi connectivity index (χ2v) is 10.6. The molecular formula is C31H30F5NO4. The van der Waals surface area contributed by atoms with Crippen LogP contribution >= 0.6 is 0 Å². The van der Waals surface area contributed by atoms with Crippen molar-refractivity contribution in [2.75, 3.05) is 11.5 Å². The normalized spacial score (nSPS) is 18.6. The Balaban J connectivity index is 1.56. The highest BCUT2D eigenvalue weighted by Gasteiger charge is 2.51. The number of hydrogen-bond acceptors (Lipinski definition) is 4. The quantitative estimate of drug-likeness (QED) is 0.0851. The third-order valence-electron chi connectivity index (χ3n) is 7.33. The zero-order valence-corrected chi connectivity index (χ0v) is 22.9. The van der Waals surface area contributed by atoms with Gasteiger partial charge < -0.3 is 14.4 Å². The fourth-order valence-corrected chi connectivity index (χ4v) is 5.11. The molecule has 0 aromatic heterocycles. The Hall–Kier alpha value is -3.95. The minimum absolute atomic E-state index is 0.0742. The van der Waals surface area contributed by atoms with E-state index in [2.05, 4.69) is 0 Å². The van der Waals surface area contributed by atoms with E-state index < -0.39 is 64.5 Å². The molecule has 2 unspecified atom stereocenters. The average Bonchev–Trinajstić information content (AvgIpc) is 3.19. The number of carbonyl (C=O) groups excluding carboxylic acids is 2. The summed E-state index contributed by atoms with van der Waals surface area (Å²) >= 11 is 0. The highest BCUT2D eigenvalue weighted by Crippen LogP contribution is 2.45. The first kappa shape index (κ1) is 30.0. The van der Waals surface area contributed by atoms with Gasteiger partial charge in [0.05, 0.1) is 13.0 Å². The summed E-state index contributed by atoms with van der Waals surface area (Å²) in [5.74, 6) is -11.9. The van der Waals surface area contributed by atoms with Crippen LogP contribution in [0.3, 0.4) is 0 Å². The molecule has 2 atom stereocenters. The number of aryl methyl sites for hydroxylation is 2. The molecule has 0 saturated carbocycles. The van der Waals surface area contributed by atoms with Crippen LogP contribution in [0.5, 0.6) is 5.75 Å². The minimum Gasteiger partial charge on any atom is -0.493 e. The SMILES string of the molecule is Cc1ccc(C)c(OCCCC2(C)CC(CC(=O)OCc3ccccc3)N(c3c(F)c(F)c(F)c(F)c3F)C2=O)c1. The number of nitrogens with zero attached hydrogens (tertiary/aromatic N) is 1. The smallest absolute Gasteiger partial charge is 0.308 e. The second kappa shape index (κ2) is 12.3. The minimum atomic E-state index is -2.33. The molecule has 3 aromatic rings. The fourth-order valence-electron chi connectivity index (χ4n) is 5.11. The fraction of sp³-hybridized carbons (Fsp3) is 0.355. The Morgan fingerprint density at radius 2 is 1.59 bits per heavy atom. The second-order valence-electron chi connectivity index (χ2n) is 10.6. The van der Waals surface area contributed by atoms with Gasteiger partial charge in [0, 0.05) is 11.5 Å². The molecule has 10 heteroatoms.